The van der Waals surface area contributed by atoms with E-state index in [2.05, 4.69) is 91.0 Å². The van der Waals surface area contributed by atoms with Gasteiger partial charge in [0.25, 0.3) is 0 Å². The minimum atomic E-state index is -1.52. The van der Waals surface area contributed by atoms with E-state index in [1.807, 2.05) is 0 Å². The zero-order chi connectivity index (χ0) is 28.4. The molecule has 0 bridgehead atoms. The van der Waals surface area contributed by atoms with Gasteiger partial charge in [0.2, 0.25) is 0 Å². The zero-order valence-corrected chi connectivity index (χ0v) is 27.2. The molecule has 6 heteroatoms. The summed E-state index contributed by atoms with van der Waals surface area (Å²) in [7, 11) is -2.91. The maximum atomic E-state index is 8.36. The van der Waals surface area contributed by atoms with Crippen LogP contribution in [0.15, 0.2) is 78.0 Å². The number of nitrogens with zero attached hydrogens (tertiary/aromatic N) is 3. The van der Waals surface area contributed by atoms with Crippen LogP contribution in [-0.4, -0.2) is 28.6 Å². The highest BCUT2D eigenvalue weighted by Gasteiger charge is 2.33. The highest BCUT2D eigenvalue weighted by Crippen LogP contribution is 2.36. The van der Waals surface area contributed by atoms with Crippen molar-refractivity contribution in [3.63, 3.8) is 0 Å². The fraction of sp³-hybridized carbons (Fsp3) is 0.600. The average molecular weight is 548 g/mol. The first-order valence-electron chi connectivity index (χ1n) is 13.1. The van der Waals surface area contributed by atoms with Crippen LogP contribution in [-0.2, 0) is 0 Å². The molecule has 0 aliphatic rings. The van der Waals surface area contributed by atoms with Crippen LogP contribution in [0, 0.1) is 0 Å². The second-order valence-electron chi connectivity index (χ2n) is 11.7. The highest BCUT2D eigenvalue weighted by atomic mass is 35.5. The number of alkyl halides is 1. The lowest BCUT2D eigenvalue weighted by Crippen LogP contribution is -2.34. The molecule has 0 aliphatic heterocycles. The molecule has 0 unspecified atom stereocenters. The lowest BCUT2D eigenvalue weighted by Gasteiger charge is -2.33. The van der Waals surface area contributed by atoms with Crippen LogP contribution < -0.4 is 0 Å². The molecular weight excluding hydrogens is 494 g/mol. The van der Waals surface area contributed by atoms with Gasteiger partial charge in [0, 0.05) is 17.3 Å². The summed E-state index contributed by atoms with van der Waals surface area (Å²) in [6.45, 7) is 37.9. The third kappa shape index (κ3) is 19.6. The predicted octanol–water partition coefficient (Wildman–Crippen LogP) is 11.7. The van der Waals surface area contributed by atoms with Crippen molar-refractivity contribution >= 4 is 27.7 Å². The van der Waals surface area contributed by atoms with Crippen LogP contribution in [0.25, 0.3) is 10.4 Å². The van der Waals surface area contributed by atoms with Gasteiger partial charge in [-0.2, -0.15) is 0 Å². The van der Waals surface area contributed by atoms with Crippen LogP contribution in [0.1, 0.15) is 54.4 Å². The molecule has 0 saturated carbocycles. The third-order valence-corrected chi connectivity index (χ3v) is 17.1. The third-order valence-electron chi connectivity index (χ3n) is 5.93. The topological polar surface area (TPSA) is 48.8 Å². The van der Waals surface area contributed by atoms with Crippen LogP contribution in [0.4, 0.5) is 0 Å². The molecule has 0 atom stereocenters. The number of azide groups is 1. The molecule has 204 valence electrons. The Balaban J connectivity index is 0. The molecule has 0 fully saturated rings. The Morgan fingerprint density at radius 3 is 1.11 bits per heavy atom. The van der Waals surface area contributed by atoms with Gasteiger partial charge >= 0.3 is 0 Å². The second-order valence-corrected chi connectivity index (χ2v) is 21.2. The number of hydrogen-bond acceptors (Lipinski definition) is 1. The predicted molar refractivity (Wildman–Crippen MR) is 173 cm³/mol. The Labute approximate surface area is 230 Å². The largest absolute Gasteiger partial charge is 0.127 e. The molecule has 0 radical (unpaired) electrons. The first-order chi connectivity index (χ1) is 16.6. The molecule has 0 saturated heterocycles. The quantitative estimate of drug-likeness (QED) is 0.0293. The molecule has 3 nitrogen and oxygen atoms in total. The molecule has 0 rings (SSSR count). The minimum Gasteiger partial charge on any atom is -0.127 e. The summed E-state index contributed by atoms with van der Waals surface area (Å²) in [5, 5.41) is 3.65. The van der Waals surface area contributed by atoms with Crippen LogP contribution in [0.3, 0.4) is 0 Å². The monoisotopic (exact) mass is 547 g/mol. The van der Waals surface area contributed by atoms with Crippen LogP contribution in [0.2, 0.25) is 48.4 Å². The van der Waals surface area contributed by atoms with Crippen molar-refractivity contribution < 1.29 is 0 Å². The van der Waals surface area contributed by atoms with Gasteiger partial charge in [-0.25, -0.2) is 0 Å². The van der Waals surface area contributed by atoms with Crippen molar-refractivity contribution in [2.24, 2.45) is 5.11 Å². The molecule has 0 aromatic carbocycles. The molecule has 0 aromatic rings. The smallest absolute Gasteiger partial charge is 0.0656 e. The van der Waals surface area contributed by atoms with E-state index >= 15 is 0 Å². The molecule has 0 aromatic heterocycles. The van der Waals surface area contributed by atoms with E-state index in [-0.39, 0.29) is 0 Å². The summed E-state index contributed by atoms with van der Waals surface area (Å²) in [6, 6.07) is 9.31. The van der Waals surface area contributed by atoms with Crippen LogP contribution in [0.5, 0.6) is 0 Å². The van der Waals surface area contributed by atoms with E-state index < -0.39 is 16.1 Å². The van der Waals surface area contributed by atoms with Crippen molar-refractivity contribution in [2.45, 2.75) is 103 Å². The van der Waals surface area contributed by atoms with E-state index in [0.717, 1.165) is 42.9 Å². The first-order valence-corrected chi connectivity index (χ1v) is 19.2. The van der Waals surface area contributed by atoms with E-state index in [9.17, 15) is 0 Å². The number of halogens is 1. The summed E-state index contributed by atoms with van der Waals surface area (Å²) in [5.41, 5.74) is 16.0. The number of hydrogen-bond donors (Lipinski definition) is 0. The van der Waals surface area contributed by atoms with E-state index in [1.54, 1.807) is 0 Å². The van der Waals surface area contributed by atoms with Gasteiger partial charge in [0.1, 0.15) is 0 Å². The van der Waals surface area contributed by atoms with E-state index in [4.69, 9.17) is 17.1 Å². The van der Waals surface area contributed by atoms with Gasteiger partial charge in [-0.15, -0.1) is 51.1 Å². The van der Waals surface area contributed by atoms with E-state index in [1.165, 1.54) is 57.6 Å². The Kier molecular flexibility index (Phi) is 19.9. The zero-order valence-electron chi connectivity index (χ0n) is 24.4. The van der Waals surface area contributed by atoms with Crippen LogP contribution >= 0.6 is 11.6 Å². The Bertz CT molecular complexity index is 740. The Morgan fingerprint density at radius 1 is 0.611 bits per heavy atom. The SMILES string of the molecule is C=C(C)C[Si](CCCCl)(CC(=C)C)CC(=C)C.C=C(C)C[Si](CCCN=[N+]=[N-])(CC(=C)C)CC(=C)C. The average Bonchev–Trinajstić information content (AvgIpc) is 2.67. The Hall–Kier alpha value is -1.53. The number of rotatable bonds is 19. The van der Waals surface area contributed by atoms with Gasteiger partial charge in [-0.3, -0.25) is 0 Å². The minimum absolute atomic E-state index is 0.591. The van der Waals surface area contributed by atoms with Gasteiger partial charge in [0.05, 0.1) is 16.1 Å². The van der Waals surface area contributed by atoms with Gasteiger partial charge < -0.3 is 0 Å². The first kappa shape index (κ1) is 36.6. The van der Waals surface area contributed by atoms with Crippen molar-refractivity contribution in [3.05, 3.63) is 83.4 Å². The molecule has 0 amide bonds. The molecule has 36 heavy (non-hydrogen) atoms. The summed E-state index contributed by atoms with van der Waals surface area (Å²) >= 11 is 5.87. The van der Waals surface area contributed by atoms with Crippen molar-refractivity contribution in [2.75, 3.05) is 12.4 Å². The molecule has 0 N–H and O–H groups in total. The van der Waals surface area contributed by atoms with Gasteiger partial charge in [0.15, 0.2) is 0 Å². The molecule has 0 spiro atoms. The van der Waals surface area contributed by atoms with Gasteiger partial charge in [-0.05, 0) is 89.8 Å². The van der Waals surface area contributed by atoms with Gasteiger partial charge in [-0.1, -0.05) is 57.1 Å². The summed E-state index contributed by atoms with van der Waals surface area (Å²) in [6.07, 6.45) is 2.08. The standard InChI is InChI=1S/C15H27ClSi.C15H27N3Si/c1-13(2)10-17(9-7-8-16,11-14(3)4)12-15(5)6;1-13(2)10-19(11-14(3)4,12-15(5)6)9-7-8-17-18-16/h1,3,5,7-12H2,2,4,6H3;1,3,5,7-12H2,2,4,6H3. The van der Waals surface area contributed by atoms with E-state index in [0.29, 0.717) is 6.54 Å². The molecular formula is C30H54ClN3Si2. The summed E-state index contributed by atoms with van der Waals surface area (Å²) < 4.78 is 0. The summed E-state index contributed by atoms with van der Waals surface area (Å²) in [4.78, 5) is 2.83. The summed E-state index contributed by atoms with van der Waals surface area (Å²) in [5.74, 6) is 0.761. The lowest BCUT2D eigenvalue weighted by atomic mass is 10.4. The molecule has 0 heterocycles. The van der Waals surface area contributed by atoms with Crippen molar-refractivity contribution in [3.8, 4) is 0 Å². The fourth-order valence-corrected chi connectivity index (χ4v) is 17.4. The maximum Gasteiger partial charge on any atom is 0.0656 e. The maximum absolute atomic E-state index is 8.36. The highest BCUT2D eigenvalue weighted by molar-refractivity contribution is 6.82. The van der Waals surface area contributed by atoms with Crippen molar-refractivity contribution in [1.29, 1.82) is 0 Å². The second kappa shape index (κ2) is 19.6. The molecule has 0 aliphatic carbocycles. The van der Waals surface area contributed by atoms with Crippen molar-refractivity contribution in [1.82, 2.24) is 0 Å². The fourth-order valence-electron chi connectivity index (χ4n) is 5.76. The number of allylic oxidation sites excluding steroid dienone is 6. The lowest BCUT2D eigenvalue weighted by molar-refractivity contribution is 0.888. The normalized spacial score (nSPS) is 11.0. The Morgan fingerprint density at radius 2 is 0.889 bits per heavy atom.